The van der Waals surface area contributed by atoms with Gasteiger partial charge >= 0.3 is 0 Å². The Morgan fingerprint density at radius 2 is 1.94 bits per heavy atom. The lowest BCUT2D eigenvalue weighted by molar-refractivity contribution is 0.352. The highest BCUT2D eigenvalue weighted by Gasteiger charge is 2.20. The van der Waals surface area contributed by atoms with E-state index in [9.17, 15) is 0 Å². The zero-order chi connectivity index (χ0) is 11.5. The van der Waals surface area contributed by atoms with Gasteiger partial charge in [0.25, 0.3) is 0 Å². The SMILES string of the molecule is CC[C@@H]1NCCc2cc(OC)c(OC)cc21. The Balaban J connectivity index is 2.46. The number of ether oxygens (including phenoxy) is 2. The Labute approximate surface area is 96.8 Å². The average molecular weight is 221 g/mol. The Morgan fingerprint density at radius 1 is 1.25 bits per heavy atom. The molecule has 1 aromatic rings. The largest absolute Gasteiger partial charge is 0.493 e. The van der Waals surface area contributed by atoms with Gasteiger partial charge in [0, 0.05) is 6.04 Å². The molecule has 16 heavy (non-hydrogen) atoms. The Morgan fingerprint density at radius 3 is 2.56 bits per heavy atom. The second-order valence-electron chi connectivity index (χ2n) is 4.07. The lowest BCUT2D eigenvalue weighted by Crippen LogP contribution is -2.29. The van der Waals surface area contributed by atoms with Crippen LogP contribution in [0.5, 0.6) is 11.5 Å². The van der Waals surface area contributed by atoms with Gasteiger partial charge in [-0.3, -0.25) is 0 Å². The highest BCUT2D eigenvalue weighted by atomic mass is 16.5. The van der Waals surface area contributed by atoms with E-state index in [-0.39, 0.29) is 0 Å². The van der Waals surface area contributed by atoms with E-state index in [1.165, 1.54) is 11.1 Å². The number of methoxy groups -OCH3 is 2. The van der Waals surface area contributed by atoms with Crippen LogP contribution in [-0.4, -0.2) is 20.8 Å². The van der Waals surface area contributed by atoms with Gasteiger partial charge in [-0.25, -0.2) is 0 Å². The first kappa shape index (κ1) is 11.3. The zero-order valence-corrected chi connectivity index (χ0v) is 10.2. The molecule has 2 rings (SSSR count). The molecule has 3 nitrogen and oxygen atoms in total. The van der Waals surface area contributed by atoms with Crippen molar-refractivity contribution in [2.24, 2.45) is 0 Å². The topological polar surface area (TPSA) is 30.5 Å². The first-order valence-electron chi connectivity index (χ1n) is 5.78. The van der Waals surface area contributed by atoms with Gasteiger partial charge in [-0.2, -0.15) is 0 Å². The molecule has 0 amide bonds. The smallest absolute Gasteiger partial charge is 0.161 e. The number of rotatable bonds is 3. The summed E-state index contributed by atoms with van der Waals surface area (Å²) >= 11 is 0. The number of hydrogen-bond donors (Lipinski definition) is 1. The highest BCUT2D eigenvalue weighted by molar-refractivity contribution is 5.49. The predicted octanol–water partition coefficient (Wildman–Crippen LogP) is 2.30. The molecule has 3 heteroatoms. The van der Waals surface area contributed by atoms with Gasteiger partial charge < -0.3 is 14.8 Å². The fourth-order valence-electron chi connectivity index (χ4n) is 2.33. The van der Waals surface area contributed by atoms with Crippen LogP contribution in [0.25, 0.3) is 0 Å². The van der Waals surface area contributed by atoms with Crippen LogP contribution in [-0.2, 0) is 6.42 Å². The third kappa shape index (κ3) is 1.87. The minimum absolute atomic E-state index is 0.448. The standard InChI is InChI=1S/C13H19NO2/c1-4-11-10-8-13(16-3)12(15-2)7-9(10)5-6-14-11/h7-8,11,14H,4-6H2,1-3H3/t11-/m0/s1. The van der Waals surface area contributed by atoms with Crippen LogP contribution < -0.4 is 14.8 Å². The summed E-state index contributed by atoms with van der Waals surface area (Å²) in [6.07, 6.45) is 2.16. The monoisotopic (exact) mass is 221 g/mol. The van der Waals surface area contributed by atoms with E-state index in [1.54, 1.807) is 14.2 Å². The molecule has 0 saturated heterocycles. The maximum atomic E-state index is 5.34. The zero-order valence-electron chi connectivity index (χ0n) is 10.2. The Bertz CT molecular complexity index is 376. The minimum Gasteiger partial charge on any atom is -0.493 e. The molecule has 1 N–H and O–H groups in total. The van der Waals surface area contributed by atoms with Gasteiger partial charge in [-0.05, 0) is 42.6 Å². The summed E-state index contributed by atoms with van der Waals surface area (Å²) in [5, 5.41) is 3.52. The molecule has 88 valence electrons. The third-order valence-electron chi connectivity index (χ3n) is 3.21. The summed E-state index contributed by atoms with van der Waals surface area (Å²) in [5.41, 5.74) is 2.73. The van der Waals surface area contributed by atoms with Crippen LogP contribution in [0.15, 0.2) is 12.1 Å². The van der Waals surface area contributed by atoms with Crippen molar-refractivity contribution in [2.75, 3.05) is 20.8 Å². The molecule has 0 aliphatic carbocycles. The summed E-state index contributed by atoms with van der Waals surface area (Å²) in [7, 11) is 3.37. The van der Waals surface area contributed by atoms with Crippen molar-refractivity contribution in [1.29, 1.82) is 0 Å². The molecule has 0 bridgehead atoms. The predicted molar refractivity (Wildman–Crippen MR) is 64.3 cm³/mol. The van der Waals surface area contributed by atoms with E-state index in [1.807, 2.05) is 0 Å². The summed E-state index contributed by atoms with van der Waals surface area (Å²) in [6, 6.07) is 4.66. The van der Waals surface area contributed by atoms with E-state index >= 15 is 0 Å². The molecule has 1 aliphatic heterocycles. The van der Waals surface area contributed by atoms with E-state index in [2.05, 4.69) is 24.4 Å². The fraction of sp³-hybridized carbons (Fsp3) is 0.538. The Kier molecular flexibility index (Phi) is 3.34. The van der Waals surface area contributed by atoms with Crippen molar-refractivity contribution in [3.63, 3.8) is 0 Å². The van der Waals surface area contributed by atoms with E-state index in [0.717, 1.165) is 30.9 Å². The van der Waals surface area contributed by atoms with Crippen LogP contribution in [0.1, 0.15) is 30.5 Å². The van der Waals surface area contributed by atoms with Crippen molar-refractivity contribution in [3.8, 4) is 11.5 Å². The van der Waals surface area contributed by atoms with Crippen molar-refractivity contribution < 1.29 is 9.47 Å². The third-order valence-corrected chi connectivity index (χ3v) is 3.21. The van der Waals surface area contributed by atoms with Gasteiger partial charge in [-0.1, -0.05) is 6.92 Å². The molecule has 0 fully saturated rings. The number of fused-ring (bicyclic) bond motifs is 1. The molecule has 0 aromatic heterocycles. The molecule has 0 radical (unpaired) electrons. The van der Waals surface area contributed by atoms with Crippen LogP contribution >= 0.6 is 0 Å². The van der Waals surface area contributed by atoms with Gasteiger partial charge in [0.15, 0.2) is 11.5 Å². The average Bonchev–Trinajstić information content (AvgIpc) is 2.36. The summed E-state index contributed by atoms with van der Waals surface area (Å²) < 4.78 is 10.7. The van der Waals surface area contributed by atoms with Crippen molar-refractivity contribution in [1.82, 2.24) is 5.32 Å². The molecular weight excluding hydrogens is 202 g/mol. The number of hydrogen-bond acceptors (Lipinski definition) is 3. The quantitative estimate of drug-likeness (QED) is 0.849. The van der Waals surface area contributed by atoms with Crippen LogP contribution in [0.3, 0.4) is 0 Å². The lowest BCUT2D eigenvalue weighted by Gasteiger charge is -2.27. The number of benzene rings is 1. The molecule has 0 saturated carbocycles. The van der Waals surface area contributed by atoms with Gasteiger partial charge in [0.05, 0.1) is 14.2 Å². The number of nitrogens with one attached hydrogen (secondary N) is 1. The first-order chi connectivity index (χ1) is 7.80. The molecule has 1 heterocycles. The van der Waals surface area contributed by atoms with Gasteiger partial charge in [0.2, 0.25) is 0 Å². The van der Waals surface area contributed by atoms with E-state index in [4.69, 9.17) is 9.47 Å². The van der Waals surface area contributed by atoms with Crippen LogP contribution in [0.4, 0.5) is 0 Å². The molecule has 1 aromatic carbocycles. The molecule has 0 spiro atoms. The Hall–Kier alpha value is -1.22. The van der Waals surface area contributed by atoms with Crippen LogP contribution in [0.2, 0.25) is 0 Å². The van der Waals surface area contributed by atoms with E-state index < -0.39 is 0 Å². The second kappa shape index (κ2) is 4.74. The first-order valence-corrected chi connectivity index (χ1v) is 5.78. The van der Waals surface area contributed by atoms with E-state index in [0.29, 0.717) is 6.04 Å². The van der Waals surface area contributed by atoms with Gasteiger partial charge in [-0.15, -0.1) is 0 Å². The summed E-state index contributed by atoms with van der Waals surface area (Å²) in [5.74, 6) is 1.65. The second-order valence-corrected chi connectivity index (χ2v) is 4.07. The minimum atomic E-state index is 0.448. The lowest BCUT2D eigenvalue weighted by atomic mass is 9.92. The molecular formula is C13H19NO2. The summed E-state index contributed by atoms with van der Waals surface area (Å²) in [6.45, 7) is 3.24. The molecule has 0 unspecified atom stereocenters. The normalized spacial score (nSPS) is 19.1. The molecule has 1 atom stereocenters. The maximum absolute atomic E-state index is 5.34. The van der Waals surface area contributed by atoms with Gasteiger partial charge in [0.1, 0.15) is 0 Å². The molecule has 1 aliphatic rings. The maximum Gasteiger partial charge on any atom is 0.161 e. The van der Waals surface area contributed by atoms with Crippen molar-refractivity contribution in [2.45, 2.75) is 25.8 Å². The summed E-state index contributed by atoms with van der Waals surface area (Å²) in [4.78, 5) is 0. The van der Waals surface area contributed by atoms with Crippen molar-refractivity contribution in [3.05, 3.63) is 23.3 Å². The fourth-order valence-corrected chi connectivity index (χ4v) is 2.33. The highest BCUT2D eigenvalue weighted by Crippen LogP contribution is 2.35. The van der Waals surface area contributed by atoms with Crippen molar-refractivity contribution >= 4 is 0 Å². The van der Waals surface area contributed by atoms with Crippen LogP contribution in [0, 0.1) is 0 Å².